The molecule has 1 heterocycles. The highest BCUT2D eigenvalue weighted by Gasteiger charge is 2.07. The van der Waals surface area contributed by atoms with Crippen LogP contribution in [0.5, 0.6) is 0 Å². The lowest BCUT2D eigenvalue weighted by molar-refractivity contribution is 1.07. The van der Waals surface area contributed by atoms with Crippen molar-refractivity contribution in [2.45, 2.75) is 20.3 Å². The van der Waals surface area contributed by atoms with Gasteiger partial charge in [-0.1, -0.05) is 36.5 Å². The number of benzene rings is 1. The Morgan fingerprint density at radius 1 is 1.36 bits per heavy atom. The summed E-state index contributed by atoms with van der Waals surface area (Å²) < 4.78 is 0. The summed E-state index contributed by atoms with van der Waals surface area (Å²) in [5.74, 6) is 0. The Balaban J connectivity index is 2.58. The van der Waals surface area contributed by atoms with Crippen LogP contribution in [0.2, 0.25) is 0 Å². The summed E-state index contributed by atoms with van der Waals surface area (Å²) in [5.41, 5.74) is 5.72. The maximum atomic E-state index is 4.10. The van der Waals surface area contributed by atoms with Crippen LogP contribution in [0.4, 0.5) is 0 Å². The Hall–Kier alpha value is -1.22. The van der Waals surface area contributed by atoms with Gasteiger partial charge in [0.1, 0.15) is 10.5 Å². The Labute approximate surface area is 87.6 Å². The van der Waals surface area contributed by atoms with E-state index in [-0.39, 0.29) is 0 Å². The third-order valence-corrected chi connectivity index (χ3v) is 3.08. The molecule has 0 saturated carbocycles. The number of aromatic nitrogens is 2. The highest BCUT2D eigenvalue weighted by atomic mass is 32.1. The van der Waals surface area contributed by atoms with Crippen molar-refractivity contribution in [3.8, 4) is 10.6 Å². The van der Waals surface area contributed by atoms with Gasteiger partial charge < -0.3 is 0 Å². The molecule has 0 spiro atoms. The van der Waals surface area contributed by atoms with E-state index >= 15 is 0 Å². The van der Waals surface area contributed by atoms with Crippen molar-refractivity contribution in [1.29, 1.82) is 0 Å². The van der Waals surface area contributed by atoms with E-state index in [9.17, 15) is 0 Å². The van der Waals surface area contributed by atoms with E-state index in [4.69, 9.17) is 0 Å². The van der Waals surface area contributed by atoms with Crippen molar-refractivity contribution < 1.29 is 0 Å². The van der Waals surface area contributed by atoms with E-state index in [0.717, 1.165) is 11.4 Å². The molecular weight excluding hydrogens is 192 g/mol. The maximum Gasteiger partial charge on any atom is 0.147 e. The van der Waals surface area contributed by atoms with Gasteiger partial charge in [-0.3, -0.25) is 0 Å². The van der Waals surface area contributed by atoms with Gasteiger partial charge in [0.2, 0.25) is 0 Å². The normalized spacial score (nSPS) is 10.4. The Morgan fingerprint density at radius 3 is 2.86 bits per heavy atom. The highest BCUT2D eigenvalue weighted by molar-refractivity contribution is 7.12. The summed E-state index contributed by atoms with van der Waals surface area (Å²) >= 11 is 1.59. The number of rotatable bonds is 2. The molecule has 2 rings (SSSR count). The third-order valence-electron chi connectivity index (χ3n) is 2.35. The summed E-state index contributed by atoms with van der Waals surface area (Å²) in [5, 5.41) is 9.00. The predicted molar refractivity (Wildman–Crippen MR) is 59.5 cm³/mol. The summed E-state index contributed by atoms with van der Waals surface area (Å²) in [6, 6.07) is 6.33. The van der Waals surface area contributed by atoms with Crippen molar-refractivity contribution in [3.63, 3.8) is 0 Å². The minimum atomic E-state index is 1.02. The maximum absolute atomic E-state index is 4.10. The van der Waals surface area contributed by atoms with E-state index in [1.54, 1.807) is 16.8 Å². The lowest BCUT2D eigenvalue weighted by Gasteiger charge is -2.07. The first-order valence-corrected chi connectivity index (χ1v) is 5.56. The van der Waals surface area contributed by atoms with Gasteiger partial charge in [-0.05, 0) is 24.5 Å². The molecule has 72 valence electrons. The molecule has 0 unspecified atom stereocenters. The summed E-state index contributed by atoms with van der Waals surface area (Å²) in [6.45, 7) is 4.32. The van der Waals surface area contributed by atoms with Gasteiger partial charge in [-0.2, -0.15) is 0 Å². The Kier molecular flexibility index (Phi) is 2.59. The molecule has 0 aliphatic carbocycles. The smallest absolute Gasteiger partial charge is 0.147 e. The third kappa shape index (κ3) is 1.55. The van der Waals surface area contributed by atoms with Crippen molar-refractivity contribution in [1.82, 2.24) is 10.2 Å². The highest BCUT2D eigenvalue weighted by Crippen LogP contribution is 2.27. The van der Waals surface area contributed by atoms with E-state index < -0.39 is 0 Å². The van der Waals surface area contributed by atoms with Gasteiger partial charge in [0.15, 0.2) is 0 Å². The molecule has 0 aliphatic rings. The fourth-order valence-electron chi connectivity index (χ4n) is 1.66. The second-order valence-corrected chi connectivity index (χ2v) is 4.03. The second kappa shape index (κ2) is 3.88. The summed E-state index contributed by atoms with van der Waals surface area (Å²) in [4.78, 5) is 0. The number of hydrogen-bond donors (Lipinski definition) is 0. The Bertz CT molecular complexity index is 421. The SMILES string of the molecule is CCc1c(C)cccc1-c1nncs1. The number of nitrogens with zero attached hydrogens (tertiary/aromatic N) is 2. The minimum absolute atomic E-state index is 1.02. The predicted octanol–water partition coefficient (Wildman–Crippen LogP) is 3.08. The van der Waals surface area contributed by atoms with Crippen LogP contribution >= 0.6 is 11.3 Å². The lowest BCUT2D eigenvalue weighted by atomic mass is 10.0. The zero-order valence-electron chi connectivity index (χ0n) is 8.32. The van der Waals surface area contributed by atoms with Gasteiger partial charge in [-0.15, -0.1) is 10.2 Å². The van der Waals surface area contributed by atoms with Crippen LogP contribution in [0.15, 0.2) is 23.7 Å². The van der Waals surface area contributed by atoms with E-state index in [1.165, 1.54) is 16.7 Å². The van der Waals surface area contributed by atoms with Gasteiger partial charge >= 0.3 is 0 Å². The molecule has 0 atom stereocenters. The molecule has 0 radical (unpaired) electrons. The van der Waals surface area contributed by atoms with Crippen molar-refractivity contribution in [2.75, 3.05) is 0 Å². The van der Waals surface area contributed by atoms with Crippen LogP contribution in [0, 0.1) is 6.92 Å². The van der Waals surface area contributed by atoms with Crippen LogP contribution in [-0.4, -0.2) is 10.2 Å². The molecule has 0 saturated heterocycles. The molecule has 1 aromatic carbocycles. The molecule has 2 aromatic rings. The fourth-order valence-corrected chi connectivity index (χ4v) is 2.27. The molecule has 3 heteroatoms. The number of hydrogen-bond acceptors (Lipinski definition) is 3. The van der Waals surface area contributed by atoms with Crippen LogP contribution < -0.4 is 0 Å². The van der Waals surface area contributed by atoms with Gasteiger partial charge in [0.25, 0.3) is 0 Å². The van der Waals surface area contributed by atoms with Crippen molar-refractivity contribution >= 4 is 11.3 Å². The lowest BCUT2D eigenvalue weighted by Crippen LogP contribution is -1.91. The zero-order valence-corrected chi connectivity index (χ0v) is 9.14. The van der Waals surface area contributed by atoms with Gasteiger partial charge in [0, 0.05) is 5.56 Å². The summed E-state index contributed by atoms with van der Waals surface area (Å²) in [6.07, 6.45) is 1.04. The number of aryl methyl sites for hydroxylation is 1. The quantitative estimate of drug-likeness (QED) is 0.751. The molecule has 14 heavy (non-hydrogen) atoms. The topological polar surface area (TPSA) is 25.8 Å². The van der Waals surface area contributed by atoms with Crippen molar-refractivity contribution in [3.05, 3.63) is 34.8 Å². The summed E-state index contributed by atoms with van der Waals surface area (Å²) in [7, 11) is 0. The molecule has 0 aliphatic heterocycles. The van der Waals surface area contributed by atoms with Gasteiger partial charge in [-0.25, -0.2) is 0 Å². The largest absolute Gasteiger partial charge is 0.147 e. The molecule has 0 N–H and O–H groups in total. The molecule has 1 aromatic heterocycles. The molecule has 0 bridgehead atoms. The fraction of sp³-hybridized carbons (Fsp3) is 0.273. The molecule has 0 fully saturated rings. The first kappa shape index (κ1) is 9.34. The standard InChI is InChI=1S/C11H12N2S/c1-3-9-8(2)5-4-6-10(9)11-13-12-7-14-11/h4-7H,3H2,1-2H3. The van der Waals surface area contributed by atoms with E-state index in [2.05, 4.69) is 42.2 Å². The zero-order chi connectivity index (χ0) is 9.97. The molecule has 0 amide bonds. The first-order chi connectivity index (χ1) is 6.83. The average Bonchev–Trinajstić information content (AvgIpc) is 2.70. The second-order valence-electron chi connectivity index (χ2n) is 3.20. The van der Waals surface area contributed by atoms with Crippen LogP contribution in [0.1, 0.15) is 18.1 Å². The molecular formula is C11H12N2S. The average molecular weight is 204 g/mol. The monoisotopic (exact) mass is 204 g/mol. The van der Waals surface area contributed by atoms with Crippen LogP contribution in [-0.2, 0) is 6.42 Å². The minimum Gasteiger partial charge on any atom is -0.147 e. The molecule has 2 nitrogen and oxygen atoms in total. The van der Waals surface area contributed by atoms with E-state index in [1.807, 2.05) is 0 Å². The van der Waals surface area contributed by atoms with E-state index in [0.29, 0.717) is 0 Å². The van der Waals surface area contributed by atoms with Crippen LogP contribution in [0.25, 0.3) is 10.6 Å². The first-order valence-electron chi connectivity index (χ1n) is 4.68. The van der Waals surface area contributed by atoms with Crippen LogP contribution in [0.3, 0.4) is 0 Å². The van der Waals surface area contributed by atoms with Crippen molar-refractivity contribution in [2.24, 2.45) is 0 Å². The van der Waals surface area contributed by atoms with Gasteiger partial charge in [0.05, 0.1) is 0 Å². The Morgan fingerprint density at radius 2 is 2.21 bits per heavy atom.